The van der Waals surface area contributed by atoms with Crippen molar-refractivity contribution >= 4 is 11.8 Å². The molecule has 0 aromatic rings. The Morgan fingerprint density at radius 3 is 2.72 bits per heavy atom. The van der Waals surface area contributed by atoms with Crippen LogP contribution in [0.25, 0.3) is 0 Å². The Morgan fingerprint density at radius 1 is 1.56 bits per heavy atom. The molecule has 2 aliphatic rings. The fourth-order valence-electron chi connectivity index (χ4n) is 2.27. The molecule has 0 radical (unpaired) electrons. The number of carbonyl (C=O) groups is 2. The first-order valence-electron chi connectivity index (χ1n) is 5.54. The van der Waals surface area contributed by atoms with Crippen LogP contribution in [-0.2, 0) is 14.3 Å². The molecule has 2 aliphatic heterocycles. The highest BCUT2D eigenvalue weighted by atomic mass is 19.1. The minimum Gasteiger partial charge on any atom is -0.394 e. The van der Waals surface area contributed by atoms with Crippen molar-refractivity contribution in [3.63, 3.8) is 0 Å². The number of imide groups is 1. The first-order valence-corrected chi connectivity index (χ1v) is 5.54. The van der Waals surface area contributed by atoms with Gasteiger partial charge in [0.05, 0.1) is 12.5 Å². The SMILES string of the molecule is CC1(F)C(O)C(CO)OC1C1C=CC(=O)NC1=O. The van der Waals surface area contributed by atoms with E-state index in [1.54, 1.807) is 0 Å². The predicted octanol–water partition coefficient (Wildman–Crippen LogP) is -1.34. The Kier molecular flexibility index (Phi) is 3.22. The van der Waals surface area contributed by atoms with Gasteiger partial charge >= 0.3 is 0 Å². The molecule has 6 nitrogen and oxygen atoms in total. The number of nitrogens with one attached hydrogen (secondary N) is 1. The second kappa shape index (κ2) is 4.42. The van der Waals surface area contributed by atoms with Crippen LogP contribution in [0.3, 0.4) is 0 Å². The molecule has 2 amide bonds. The molecule has 1 saturated heterocycles. The minimum absolute atomic E-state index is 0.547. The molecule has 0 aromatic carbocycles. The number of aliphatic hydroxyl groups excluding tert-OH is 2. The van der Waals surface area contributed by atoms with E-state index in [4.69, 9.17) is 9.84 Å². The van der Waals surface area contributed by atoms with E-state index >= 15 is 0 Å². The van der Waals surface area contributed by atoms with E-state index in [9.17, 15) is 19.1 Å². The van der Waals surface area contributed by atoms with Gasteiger partial charge in [-0.2, -0.15) is 0 Å². The molecule has 5 atom stereocenters. The molecule has 2 rings (SSSR count). The summed E-state index contributed by atoms with van der Waals surface area (Å²) >= 11 is 0. The van der Waals surface area contributed by atoms with Crippen molar-refractivity contribution in [1.29, 1.82) is 0 Å². The molecule has 3 N–H and O–H groups in total. The van der Waals surface area contributed by atoms with Crippen molar-refractivity contribution in [3.8, 4) is 0 Å². The third kappa shape index (κ3) is 1.94. The number of ether oxygens (including phenoxy) is 1. The molecular formula is C11H14FNO5. The van der Waals surface area contributed by atoms with Gasteiger partial charge in [-0.05, 0) is 6.92 Å². The maximum Gasteiger partial charge on any atom is 0.250 e. The van der Waals surface area contributed by atoms with E-state index in [0.717, 1.165) is 13.0 Å². The Hall–Kier alpha value is -1.31. The summed E-state index contributed by atoms with van der Waals surface area (Å²) in [5, 5.41) is 20.7. The molecule has 7 heteroatoms. The van der Waals surface area contributed by atoms with Gasteiger partial charge in [-0.1, -0.05) is 6.08 Å². The number of amides is 2. The van der Waals surface area contributed by atoms with Crippen molar-refractivity contribution in [2.24, 2.45) is 5.92 Å². The van der Waals surface area contributed by atoms with Gasteiger partial charge in [0.1, 0.15) is 18.3 Å². The van der Waals surface area contributed by atoms with Gasteiger partial charge in [0, 0.05) is 6.08 Å². The van der Waals surface area contributed by atoms with Crippen LogP contribution in [0.1, 0.15) is 6.92 Å². The summed E-state index contributed by atoms with van der Waals surface area (Å²) in [6.07, 6.45) is -1.48. The molecule has 0 spiro atoms. The standard InChI is InChI=1S/C11H14FNO5/c1-11(12)8(16)6(4-14)18-9(11)5-2-3-7(15)13-10(5)17/h2-3,5-6,8-9,14,16H,4H2,1H3,(H,13,15,17). The number of alkyl halides is 1. The Labute approximate surface area is 102 Å². The highest BCUT2D eigenvalue weighted by Crippen LogP contribution is 2.39. The molecule has 0 saturated carbocycles. The van der Waals surface area contributed by atoms with Crippen LogP contribution in [0, 0.1) is 5.92 Å². The maximum atomic E-state index is 14.4. The van der Waals surface area contributed by atoms with Crippen LogP contribution < -0.4 is 5.32 Å². The summed E-state index contributed by atoms with van der Waals surface area (Å²) in [7, 11) is 0. The van der Waals surface area contributed by atoms with Gasteiger partial charge < -0.3 is 14.9 Å². The third-order valence-electron chi connectivity index (χ3n) is 3.32. The van der Waals surface area contributed by atoms with Crippen molar-refractivity contribution in [2.75, 3.05) is 6.61 Å². The normalized spacial score (nSPS) is 44.2. The average molecular weight is 259 g/mol. The molecule has 18 heavy (non-hydrogen) atoms. The van der Waals surface area contributed by atoms with E-state index in [1.807, 2.05) is 5.32 Å². The lowest BCUT2D eigenvalue weighted by Crippen LogP contribution is -2.50. The summed E-state index contributed by atoms with van der Waals surface area (Å²) in [6.45, 7) is 0.559. The van der Waals surface area contributed by atoms with Crippen LogP contribution in [0.15, 0.2) is 12.2 Å². The zero-order chi connectivity index (χ0) is 13.5. The fourth-order valence-corrected chi connectivity index (χ4v) is 2.27. The lowest BCUT2D eigenvalue weighted by Gasteiger charge is -2.29. The summed E-state index contributed by atoms with van der Waals surface area (Å²) in [5.41, 5.74) is -2.18. The monoisotopic (exact) mass is 259 g/mol. The fraction of sp³-hybridized carbons (Fsp3) is 0.636. The number of hydrogen-bond donors (Lipinski definition) is 3. The van der Waals surface area contributed by atoms with Gasteiger partial charge in [0.2, 0.25) is 11.8 Å². The number of halogens is 1. The summed E-state index contributed by atoms with van der Waals surface area (Å²) in [5.74, 6) is -2.26. The minimum atomic E-state index is -2.18. The number of carbonyl (C=O) groups excluding carboxylic acids is 2. The molecule has 5 unspecified atom stereocenters. The van der Waals surface area contributed by atoms with Crippen molar-refractivity contribution in [1.82, 2.24) is 5.32 Å². The molecule has 0 aliphatic carbocycles. The first-order chi connectivity index (χ1) is 8.37. The van der Waals surface area contributed by atoms with Gasteiger partial charge in [0.15, 0.2) is 5.67 Å². The van der Waals surface area contributed by atoms with E-state index in [2.05, 4.69) is 0 Å². The summed E-state index contributed by atoms with van der Waals surface area (Å²) < 4.78 is 19.6. The molecule has 100 valence electrons. The topological polar surface area (TPSA) is 95.9 Å². The second-order valence-electron chi connectivity index (χ2n) is 4.61. The van der Waals surface area contributed by atoms with Crippen LogP contribution in [0.4, 0.5) is 4.39 Å². The zero-order valence-corrected chi connectivity index (χ0v) is 9.67. The predicted molar refractivity (Wildman–Crippen MR) is 57.0 cm³/mol. The Balaban J connectivity index is 2.26. The number of hydrogen-bond acceptors (Lipinski definition) is 5. The first kappa shape index (κ1) is 13.1. The molecule has 0 bridgehead atoms. The van der Waals surface area contributed by atoms with Crippen molar-refractivity contribution in [3.05, 3.63) is 12.2 Å². The molecule has 2 heterocycles. The second-order valence-corrected chi connectivity index (χ2v) is 4.61. The van der Waals surface area contributed by atoms with Crippen LogP contribution in [0.5, 0.6) is 0 Å². The lowest BCUT2D eigenvalue weighted by molar-refractivity contribution is -0.136. The van der Waals surface area contributed by atoms with Gasteiger partial charge in [-0.15, -0.1) is 0 Å². The summed E-state index contributed by atoms with van der Waals surface area (Å²) in [4.78, 5) is 22.5. The quantitative estimate of drug-likeness (QED) is 0.534. The zero-order valence-electron chi connectivity index (χ0n) is 9.67. The van der Waals surface area contributed by atoms with Crippen LogP contribution >= 0.6 is 0 Å². The van der Waals surface area contributed by atoms with Crippen molar-refractivity contribution in [2.45, 2.75) is 30.9 Å². The molecule has 1 fully saturated rings. The largest absolute Gasteiger partial charge is 0.394 e. The van der Waals surface area contributed by atoms with E-state index in [-0.39, 0.29) is 0 Å². The van der Waals surface area contributed by atoms with Gasteiger partial charge in [-0.3, -0.25) is 14.9 Å². The average Bonchev–Trinajstić information content (AvgIpc) is 2.52. The Bertz CT molecular complexity index is 408. The molecular weight excluding hydrogens is 245 g/mol. The summed E-state index contributed by atoms with van der Waals surface area (Å²) in [6, 6.07) is 0. The smallest absolute Gasteiger partial charge is 0.250 e. The van der Waals surface area contributed by atoms with E-state index in [1.165, 1.54) is 6.08 Å². The third-order valence-corrected chi connectivity index (χ3v) is 3.32. The maximum absolute atomic E-state index is 14.4. The number of aliphatic hydroxyl groups is 2. The highest BCUT2D eigenvalue weighted by Gasteiger charge is 2.57. The van der Waals surface area contributed by atoms with Crippen LogP contribution in [0.2, 0.25) is 0 Å². The highest BCUT2D eigenvalue weighted by molar-refractivity contribution is 6.05. The van der Waals surface area contributed by atoms with Crippen LogP contribution in [-0.4, -0.2) is 52.6 Å². The van der Waals surface area contributed by atoms with Gasteiger partial charge in [-0.25, -0.2) is 4.39 Å². The molecule has 0 aromatic heterocycles. The van der Waals surface area contributed by atoms with E-state index in [0.29, 0.717) is 0 Å². The lowest BCUT2D eigenvalue weighted by atomic mass is 9.85. The van der Waals surface area contributed by atoms with Crippen molar-refractivity contribution < 1.29 is 28.9 Å². The number of rotatable bonds is 2. The Morgan fingerprint density at radius 2 is 2.22 bits per heavy atom. The van der Waals surface area contributed by atoms with Gasteiger partial charge in [0.25, 0.3) is 0 Å². The van der Waals surface area contributed by atoms with E-state index < -0.39 is 48.3 Å².